The third-order valence-electron chi connectivity index (χ3n) is 3.59. The van der Waals surface area contributed by atoms with E-state index in [2.05, 4.69) is 32.6 Å². The van der Waals surface area contributed by atoms with E-state index in [-0.39, 0.29) is 0 Å². The molecule has 0 unspecified atom stereocenters. The van der Waals surface area contributed by atoms with Crippen molar-refractivity contribution >= 4 is 5.84 Å². The fraction of sp³-hybridized carbons (Fsp3) is 0.923. The minimum atomic E-state index is 0.443. The van der Waals surface area contributed by atoms with Crippen molar-refractivity contribution < 1.29 is 0 Å². The summed E-state index contributed by atoms with van der Waals surface area (Å²) >= 11 is 0. The normalized spacial score (nSPS) is 19.3. The highest BCUT2D eigenvalue weighted by Crippen LogP contribution is 2.34. The molecule has 0 radical (unpaired) electrons. The lowest BCUT2D eigenvalue weighted by Gasteiger charge is -2.39. The monoisotopic (exact) mass is 210 g/mol. The van der Waals surface area contributed by atoms with Crippen LogP contribution in [0.4, 0.5) is 0 Å². The van der Waals surface area contributed by atoms with E-state index in [0.29, 0.717) is 5.41 Å². The number of hydrogen-bond donors (Lipinski definition) is 1. The van der Waals surface area contributed by atoms with Crippen LogP contribution >= 0.6 is 0 Å². The fourth-order valence-electron chi connectivity index (χ4n) is 2.41. The quantitative estimate of drug-likeness (QED) is 0.548. The Kier molecular flexibility index (Phi) is 4.18. The van der Waals surface area contributed by atoms with Gasteiger partial charge in [0, 0.05) is 19.5 Å². The molecule has 88 valence electrons. The molecule has 1 aliphatic rings. The van der Waals surface area contributed by atoms with Gasteiger partial charge in [0.2, 0.25) is 0 Å². The number of piperidine rings is 1. The summed E-state index contributed by atoms with van der Waals surface area (Å²) in [6, 6.07) is 0. The molecule has 1 saturated heterocycles. The van der Waals surface area contributed by atoms with Crippen LogP contribution in [0.5, 0.6) is 0 Å². The number of hydrogen-bond acceptors (Lipinski definition) is 1. The van der Waals surface area contributed by atoms with E-state index in [0.717, 1.165) is 37.7 Å². The second kappa shape index (κ2) is 5.00. The van der Waals surface area contributed by atoms with Crippen LogP contribution in [0.25, 0.3) is 0 Å². The van der Waals surface area contributed by atoms with Gasteiger partial charge >= 0.3 is 0 Å². The zero-order valence-electron chi connectivity index (χ0n) is 10.8. The van der Waals surface area contributed by atoms with Gasteiger partial charge in [0.05, 0.1) is 5.84 Å². The van der Waals surface area contributed by atoms with Crippen molar-refractivity contribution in [2.75, 3.05) is 13.1 Å². The minimum Gasteiger partial charge on any atom is -0.361 e. The first-order valence-corrected chi connectivity index (χ1v) is 6.27. The van der Waals surface area contributed by atoms with E-state index in [1.54, 1.807) is 0 Å². The molecule has 0 aliphatic carbocycles. The number of likely N-dealkylation sites (tertiary alicyclic amines) is 1. The third kappa shape index (κ3) is 3.51. The summed E-state index contributed by atoms with van der Waals surface area (Å²) in [6.45, 7) is 11.4. The van der Waals surface area contributed by atoms with Crippen molar-refractivity contribution in [1.82, 2.24) is 4.90 Å². The van der Waals surface area contributed by atoms with Crippen molar-refractivity contribution in [3.05, 3.63) is 0 Å². The predicted octanol–water partition coefficient (Wildman–Crippen LogP) is 3.52. The second-order valence-corrected chi connectivity index (χ2v) is 5.82. The molecule has 1 heterocycles. The standard InChI is InChI=1S/C13H26N2/c1-5-6-12(14)15-9-7-11(8-10-15)13(2,3)4/h11,14H,5-10H2,1-4H3. The van der Waals surface area contributed by atoms with Gasteiger partial charge in [0.15, 0.2) is 0 Å². The summed E-state index contributed by atoms with van der Waals surface area (Å²) in [5.41, 5.74) is 0.443. The molecule has 15 heavy (non-hydrogen) atoms. The van der Waals surface area contributed by atoms with Crippen LogP contribution in [0.3, 0.4) is 0 Å². The number of nitrogens with zero attached hydrogens (tertiary/aromatic N) is 1. The molecule has 0 aromatic heterocycles. The molecular weight excluding hydrogens is 184 g/mol. The van der Waals surface area contributed by atoms with E-state index < -0.39 is 0 Å². The van der Waals surface area contributed by atoms with Crippen LogP contribution in [-0.4, -0.2) is 23.8 Å². The van der Waals surface area contributed by atoms with Gasteiger partial charge in [-0.1, -0.05) is 27.7 Å². The Balaban J connectivity index is 2.39. The molecule has 0 bridgehead atoms. The van der Waals surface area contributed by atoms with Gasteiger partial charge in [-0.25, -0.2) is 0 Å². The van der Waals surface area contributed by atoms with Gasteiger partial charge in [-0.05, 0) is 30.6 Å². The molecule has 0 spiro atoms. The first kappa shape index (κ1) is 12.5. The average Bonchev–Trinajstić information content (AvgIpc) is 2.17. The van der Waals surface area contributed by atoms with Crippen LogP contribution in [-0.2, 0) is 0 Å². The Labute approximate surface area is 94.6 Å². The molecule has 2 nitrogen and oxygen atoms in total. The van der Waals surface area contributed by atoms with Crippen LogP contribution < -0.4 is 0 Å². The maximum atomic E-state index is 7.93. The SMILES string of the molecule is CCCC(=N)N1CCC(C(C)(C)C)CC1. The molecule has 0 aromatic rings. The van der Waals surface area contributed by atoms with Crippen molar-refractivity contribution in [2.24, 2.45) is 11.3 Å². The topological polar surface area (TPSA) is 27.1 Å². The van der Waals surface area contributed by atoms with E-state index in [1.165, 1.54) is 12.8 Å². The fourth-order valence-corrected chi connectivity index (χ4v) is 2.41. The number of amidine groups is 1. The lowest BCUT2D eigenvalue weighted by molar-refractivity contribution is 0.148. The van der Waals surface area contributed by atoms with E-state index >= 15 is 0 Å². The Morgan fingerprint density at radius 1 is 1.27 bits per heavy atom. The largest absolute Gasteiger partial charge is 0.361 e. The molecule has 2 heteroatoms. The molecule has 0 amide bonds. The number of rotatable bonds is 2. The molecular formula is C13H26N2. The summed E-state index contributed by atoms with van der Waals surface area (Å²) in [4.78, 5) is 2.27. The van der Waals surface area contributed by atoms with Gasteiger partial charge in [-0.3, -0.25) is 5.41 Å². The zero-order chi connectivity index (χ0) is 11.5. The summed E-state index contributed by atoms with van der Waals surface area (Å²) in [7, 11) is 0. The first-order chi connectivity index (χ1) is 6.95. The molecule has 0 atom stereocenters. The van der Waals surface area contributed by atoms with Crippen molar-refractivity contribution in [2.45, 2.75) is 53.4 Å². The Morgan fingerprint density at radius 3 is 2.20 bits per heavy atom. The lowest BCUT2D eigenvalue weighted by atomic mass is 9.75. The maximum absolute atomic E-state index is 7.93. The van der Waals surface area contributed by atoms with Gasteiger partial charge in [-0.15, -0.1) is 0 Å². The van der Waals surface area contributed by atoms with Crippen LogP contribution in [0.15, 0.2) is 0 Å². The maximum Gasteiger partial charge on any atom is 0.0957 e. The summed E-state index contributed by atoms with van der Waals surface area (Å²) in [5.74, 6) is 1.69. The van der Waals surface area contributed by atoms with Crippen LogP contribution in [0.2, 0.25) is 0 Å². The smallest absolute Gasteiger partial charge is 0.0957 e. The minimum absolute atomic E-state index is 0.443. The van der Waals surface area contributed by atoms with Crippen LogP contribution in [0, 0.1) is 16.7 Å². The first-order valence-electron chi connectivity index (χ1n) is 6.27. The van der Waals surface area contributed by atoms with Crippen molar-refractivity contribution in [3.63, 3.8) is 0 Å². The van der Waals surface area contributed by atoms with Crippen LogP contribution in [0.1, 0.15) is 53.4 Å². The van der Waals surface area contributed by atoms with Gasteiger partial charge in [0.1, 0.15) is 0 Å². The van der Waals surface area contributed by atoms with Crippen molar-refractivity contribution in [1.29, 1.82) is 5.41 Å². The molecule has 1 N–H and O–H groups in total. The highest BCUT2D eigenvalue weighted by Gasteiger charge is 2.29. The second-order valence-electron chi connectivity index (χ2n) is 5.82. The van der Waals surface area contributed by atoms with E-state index in [1.807, 2.05) is 0 Å². The van der Waals surface area contributed by atoms with Gasteiger partial charge in [-0.2, -0.15) is 0 Å². The predicted molar refractivity (Wildman–Crippen MR) is 66.4 cm³/mol. The summed E-state index contributed by atoms with van der Waals surface area (Å²) in [6.07, 6.45) is 4.56. The van der Waals surface area contributed by atoms with E-state index in [9.17, 15) is 0 Å². The summed E-state index contributed by atoms with van der Waals surface area (Å²) < 4.78 is 0. The van der Waals surface area contributed by atoms with Crippen molar-refractivity contribution in [3.8, 4) is 0 Å². The highest BCUT2D eigenvalue weighted by molar-refractivity contribution is 5.79. The number of nitrogens with one attached hydrogen (secondary N) is 1. The molecule has 0 aromatic carbocycles. The Bertz CT molecular complexity index is 207. The average molecular weight is 210 g/mol. The molecule has 1 aliphatic heterocycles. The molecule has 1 rings (SSSR count). The third-order valence-corrected chi connectivity index (χ3v) is 3.59. The zero-order valence-corrected chi connectivity index (χ0v) is 10.8. The van der Waals surface area contributed by atoms with Gasteiger partial charge in [0.25, 0.3) is 0 Å². The summed E-state index contributed by atoms with van der Waals surface area (Å²) in [5, 5.41) is 7.93. The molecule has 0 saturated carbocycles. The Hall–Kier alpha value is -0.530. The lowest BCUT2D eigenvalue weighted by Crippen LogP contribution is -2.41. The van der Waals surface area contributed by atoms with E-state index in [4.69, 9.17) is 5.41 Å². The molecule has 1 fully saturated rings. The highest BCUT2D eigenvalue weighted by atomic mass is 15.2. The van der Waals surface area contributed by atoms with Gasteiger partial charge < -0.3 is 4.90 Å². The Morgan fingerprint density at radius 2 is 1.80 bits per heavy atom.